The minimum Gasteiger partial charge on any atom is -0.460 e. The van der Waals surface area contributed by atoms with Crippen molar-refractivity contribution in [3.05, 3.63) is 0 Å². The summed E-state index contributed by atoms with van der Waals surface area (Å²) in [6.07, 6.45) is 0.768. The molecule has 94 valence electrons. The van der Waals surface area contributed by atoms with Crippen molar-refractivity contribution in [3.8, 4) is 0 Å². The monoisotopic (exact) mass is 244 g/mol. The first kappa shape index (κ1) is 13.7. The second-order valence-corrected chi connectivity index (χ2v) is 11.1. The number of carbonyl (C=O) groups excluding carboxylic acids is 1. The van der Waals surface area contributed by atoms with Gasteiger partial charge in [0.25, 0.3) is 0 Å². The van der Waals surface area contributed by atoms with Crippen LogP contribution in [0.15, 0.2) is 0 Å². The molecule has 1 saturated heterocycles. The summed E-state index contributed by atoms with van der Waals surface area (Å²) in [5, 5.41) is 0.210. The molecule has 1 aliphatic heterocycles. The van der Waals surface area contributed by atoms with Crippen molar-refractivity contribution in [1.82, 2.24) is 0 Å². The van der Waals surface area contributed by atoms with Crippen molar-refractivity contribution in [2.24, 2.45) is 5.92 Å². The summed E-state index contributed by atoms with van der Waals surface area (Å²) in [7, 11) is -1.71. The molecular weight excluding hydrogens is 220 g/mol. The number of esters is 1. The molecule has 3 nitrogen and oxygen atoms in total. The number of hydrogen-bond donors (Lipinski definition) is 0. The molecule has 0 bridgehead atoms. The maximum atomic E-state index is 11.2. The van der Waals surface area contributed by atoms with Gasteiger partial charge in [0, 0.05) is 0 Å². The topological polar surface area (TPSA) is 35.5 Å². The lowest BCUT2D eigenvalue weighted by Gasteiger charge is -2.36. The Morgan fingerprint density at radius 1 is 1.44 bits per heavy atom. The summed E-state index contributed by atoms with van der Waals surface area (Å²) >= 11 is 0. The van der Waals surface area contributed by atoms with E-state index in [2.05, 4.69) is 33.9 Å². The minimum atomic E-state index is -1.71. The van der Waals surface area contributed by atoms with Gasteiger partial charge in [0.1, 0.15) is 6.10 Å². The lowest BCUT2D eigenvalue weighted by molar-refractivity contribution is -0.144. The number of ether oxygens (including phenoxy) is 1. The van der Waals surface area contributed by atoms with Crippen molar-refractivity contribution in [2.45, 2.75) is 58.4 Å². The first-order valence-corrected chi connectivity index (χ1v) is 8.89. The summed E-state index contributed by atoms with van der Waals surface area (Å²) in [6, 6.07) is 0. The molecule has 0 N–H and O–H groups in total. The lowest BCUT2D eigenvalue weighted by Crippen LogP contribution is -2.42. The predicted octanol–water partition coefficient (Wildman–Crippen LogP) is 2.96. The van der Waals surface area contributed by atoms with Gasteiger partial charge in [-0.25, -0.2) is 0 Å². The van der Waals surface area contributed by atoms with E-state index in [-0.39, 0.29) is 23.0 Å². The van der Waals surface area contributed by atoms with Crippen LogP contribution in [0, 0.1) is 5.92 Å². The molecule has 0 radical (unpaired) electrons. The Balaban J connectivity index is 2.44. The van der Waals surface area contributed by atoms with Gasteiger partial charge in [-0.1, -0.05) is 27.7 Å². The molecule has 16 heavy (non-hydrogen) atoms. The molecule has 0 saturated carbocycles. The zero-order valence-corrected chi connectivity index (χ0v) is 12.3. The minimum absolute atomic E-state index is 0.0309. The largest absolute Gasteiger partial charge is 0.460 e. The van der Waals surface area contributed by atoms with Crippen LogP contribution in [-0.4, -0.2) is 27.0 Å². The van der Waals surface area contributed by atoms with Gasteiger partial charge < -0.3 is 9.16 Å². The number of rotatable bonds is 3. The van der Waals surface area contributed by atoms with Crippen molar-refractivity contribution in [1.29, 1.82) is 0 Å². The summed E-state index contributed by atoms with van der Waals surface area (Å²) < 4.78 is 11.3. The first-order chi connectivity index (χ1) is 7.13. The first-order valence-electron chi connectivity index (χ1n) is 5.98. The van der Waals surface area contributed by atoms with Crippen molar-refractivity contribution in [2.75, 3.05) is 6.61 Å². The lowest BCUT2D eigenvalue weighted by atomic mass is 10.1. The maximum absolute atomic E-state index is 11.2. The molecule has 2 atom stereocenters. The third-order valence-electron chi connectivity index (χ3n) is 3.74. The third kappa shape index (κ3) is 3.07. The zero-order valence-electron chi connectivity index (χ0n) is 11.3. The normalized spacial score (nSPS) is 27.0. The highest BCUT2D eigenvalue weighted by Crippen LogP contribution is 2.37. The van der Waals surface area contributed by atoms with E-state index in [4.69, 9.17) is 9.16 Å². The van der Waals surface area contributed by atoms with Crippen LogP contribution in [0.3, 0.4) is 0 Å². The molecule has 1 fully saturated rings. The molecule has 0 aliphatic carbocycles. The Bertz CT molecular complexity index is 268. The van der Waals surface area contributed by atoms with Crippen LogP contribution >= 0.6 is 0 Å². The van der Waals surface area contributed by atoms with E-state index >= 15 is 0 Å². The summed E-state index contributed by atoms with van der Waals surface area (Å²) in [5.74, 6) is -0.0446. The molecule has 1 rings (SSSR count). The number of carbonyl (C=O) groups is 1. The average molecular weight is 244 g/mol. The van der Waals surface area contributed by atoms with Gasteiger partial charge in [-0.05, 0) is 24.6 Å². The fourth-order valence-corrected chi connectivity index (χ4v) is 2.47. The highest BCUT2D eigenvalue weighted by molar-refractivity contribution is 6.74. The fourth-order valence-electron chi connectivity index (χ4n) is 1.44. The van der Waals surface area contributed by atoms with Crippen LogP contribution in [0.4, 0.5) is 0 Å². The molecule has 1 aliphatic rings. The summed E-state index contributed by atoms with van der Waals surface area (Å²) in [6.45, 7) is 13.5. The molecule has 1 heterocycles. The van der Waals surface area contributed by atoms with Gasteiger partial charge in [-0.2, -0.15) is 0 Å². The molecule has 0 spiro atoms. The predicted molar refractivity (Wildman–Crippen MR) is 66.8 cm³/mol. The Hall–Kier alpha value is -0.353. The molecular formula is C12H24O3Si. The van der Waals surface area contributed by atoms with Crippen LogP contribution in [0.5, 0.6) is 0 Å². The van der Waals surface area contributed by atoms with E-state index < -0.39 is 8.32 Å². The van der Waals surface area contributed by atoms with E-state index in [0.29, 0.717) is 6.61 Å². The van der Waals surface area contributed by atoms with Crippen LogP contribution in [0.1, 0.15) is 34.1 Å². The average Bonchev–Trinajstić information content (AvgIpc) is 2.41. The summed E-state index contributed by atoms with van der Waals surface area (Å²) in [4.78, 5) is 11.2. The van der Waals surface area contributed by atoms with Crippen molar-refractivity contribution in [3.63, 3.8) is 0 Å². The fraction of sp³-hybridized carbons (Fsp3) is 0.917. The maximum Gasteiger partial charge on any atom is 0.309 e. The van der Waals surface area contributed by atoms with Crippen LogP contribution in [0.25, 0.3) is 0 Å². The Morgan fingerprint density at radius 2 is 2.00 bits per heavy atom. The molecule has 0 amide bonds. The van der Waals surface area contributed by atoms with Gasteiger partial charge >= 0.3 is 5.97 Å². The SMILES string of the molecule is C[C@@H]1C[C@H](CO[Si](C)(C)C(C)(C)C)OC1=O. The Morgan fingerprint density at radius 3 is 2.38 bits per heavy atom. The van der Waals surface area contributed by atoms with Gasteiger partial charge in [0.05, 0.1) is 12.5 Å². The third-order valence-corrected chi connectivity index (χ3v) is 8.24. The van der Waals surface area contributed by atoms with Gasteiger partial charge in [0.2, 0.25) is 0 Å². The highest BCUT2D eigenvalue weighted by Gasteiger charge is 2.39. The second kappa shape index (κ2) is 4.49. The second-order valence-electron chi connectivity index (χ2n) is 6.27. The Kier molecular flexibility index (Phi) is 3.85. The summed E-state index contributed by atoms with van der Waals surface area (Å²) in [5.41, 5.74) is 0. The van der Waals surface area contributed by atoms with Gasteiger partial charge in [0.15, 0.2) is 8.32 Å². The standard InChI is InChI=1S/C12H24O3Si/c1-9-7-10(15-11(9)13)8-14-16(5,6)12(2,3)4/h9-10H,7-8H2,1-6H3/t9-,10-/m1/s1. The Labute approximate surface area is 99.6 Å². The number of hydrogen-bond acceptors (Lipinski definition) is 3. The molecule has 0 aromatic rings. The molecule has 0 aromatic carbocycles. The zero-order chi connectivity index (χ0) is 12.6. The molecule has 0 unspecified atom stereocenters. The van der Waals surface area contributed by atoms with Gasteiger partial charge in [-0.15, -0.1) is 0 Å². The van der Waals surface area contributed by atoms with Crippen molar-refractivity contribution < 1.29 is 14.0 Å². The van der Waals surface area contributed by atoms with E-state index in [1.54, 1.807) is 0 Å². The van der Waals surface area contributed by atoms with E-state index in [9.17, 15) is 4.79 Å². The van der Waals surface area contributed by atoms with E-state index in [0.717, 1.165) is 6.42 Å². The van der Waals surface area contributed by atoms with Crippen molar-refractivity contribution >= 4 is 14.3 Å². The molecule has 0 aromatic heterocycles. The smallest absolute Gasteiger partial charge is 0.309 e. The number of cyclic esters (lactones) is 1. The molecule has 4 heteroatoms. The van der Waals surface area contributed by atoms with E-state index in [1.807, 2.05) is 6.92 Å². The van der Waals surface area contributed by atoms with Gasteiger partial charge in [-0.3, -0.25) is 4.79 Å². The highest BCUT2D eigenvalue weighted by atomic mass is 28.4. The van der Waals surface area contributed by atoms with E-state index in [1.165, 1.54) is 0 Å². The van der Waals surface area contributed by atoms with Crippen LogP contribution in [-0.2, 0) is 14.0 Å². The van der Waals surface area contributed by atoms with Crippen LogP contribution < -0.4 is 0 Å². The van der Waals surface area contributed by atoms with Crippen LogP contribution in [0.2, 0.25) is 18.1 Å². The quantitative estimate of drug-likeness (QED) is 0.565.